The lowest BCUT2D eigenvalue weighted by atomic mass is 10.3. The van der Waals surface area contributed by atoms with Gasteiger partial charge in [0, 0.05) is 6.07 Å². The minimum absolute atomic E-state index is 0.367. The molecule has 0 atom stereocenters. The summed E-state index contributed by atoms with van der Waals surface area (Å²) in [5.74, 6) is -4.53. The van der Waals surface area contributed by atoms with Crippen molar-refractivity contribution in [2.24, 2.45) is 0 Å². The van der Waals surface area contributed by atoms with Crippen LogP contribution in [0.15, 0.2) is 18.2 Å². The number of hydrogen-bond acceptors (Lipinski definition) is 1. The molecule has 0 saturated heterocycles. The standard InChI is InChI=1S/C8H4F5NO/c9-4-1-2-6(5(10)3-4)14-7(15)8(11,12)13/h1-3H,(H,14,15). The van der Waals surface area contributed by atoms with Crippen molar-refractivity contribution in [3.05, 3.63) is 29.8 Å². The first-order valence-corrected chi connectivity index (χ1v) is 3.64. The average Bonchev–Trinajstić information content (AvgIpc) is 2.08. The molecule has 1 N–H and O–H groups in total. The quantitative estimate of drug-likeness (QED) is 0.731. The Hall–Kier alpha value is -1.66. The van der Waals surface area contributed by atoms with Crippen LogP contribution in [0.3, 0.4) is 0 Å². The van der Waals surface area contributed by atoms with Gasteiger partial charge in [-0.25, -0.2) is 8.78 Å². The second-order valence-corrected chi connectivity index (χ2v) is 2.58. The first-order chi connectivity index (χ1) is 6.80. The third-order valence-corrected chi connectivity index (χ3v) is 1.44. The van der Waals surface area contributed by atoms with Gasteiger partial charge in [0.15, 0.2) is 0 Å². The van der Waals surface area contributed by atoms with Crippen LogP contribution in [0.5, 0.6) is 0 Å². The summed E-state index contributed by atoms with van der Waals surface area (Å²) in [5, 5.41) is 1.27. The largest absolute Gasteiger partial charge is 0.471 e. The van der Waals surface area contributed by atoms with Gasteiger partial charge in [0.2, 0.25) is 0 Å². The zero-order valence-corrected chi connectivity index (χ0v) is 7.03. The Morgan fingerprint density at radius 2 is 1.80 bits per heavy atom. The van der Waals surface area contributed by atoms with E-state index in [9.17, 15) is 26.7 Å². The predicted octanol–water partition coefficient (Wildman–Crippen LogP) is 2.47. The number of alkyl halides is 3. The minimum atomic E-state index is -5.11. The molecule has 0 aliphatic carbocycles. The number of amides is 1. The average molecular weight is 225 g/mol. The Bertz CT molecular complexity index is 387. The molecule has 0 saturated carbocycles. The van der Waals surface area contributed by atoms with Gasteiger partial charge in [0.1, 0.15) is 11.6 Å². The summed E-state index contributed by atoms with van der Waals surface area (Å²) in [5.41, 5.74) is -0.723. The summed E-state index contributed by atoms with van der Waals surface area (Å²) in [7, 11) is 0. The molecule has 0 radical (unpaired) electrons. The Morgan fingerprint density at radius 3 is 2.27 bits per heavy atom. The third-order valence-electron chi connectivity index (χ3n) is 1.44. The second-order valence-electron chi connectivity index (χ2n) is 2.58. The van der Waals surface area contributed by atoms with Crippen molar-refractivity contribution in [1.82, 2.24) is 0 Å². The summed E-state index contributed by atoms with van der Waals surface area (Å²) in [6, 6.07) is 1.80. The number of nitrogens with one attached hydrogen (secondary N) is 1. The van der Waals surface area contributed by atoms with Crippen molar-refractivity contribution in [2.45, 2.75) is 6.18 Å². The van der Waals surface area contributed by atoms with E-state index in [1.807, 2.05) is 0 Å². The molecule has 0 aromatic heterocycles. The normalized spacial score (nSPS) is 11.3. The van der Waals surface area contributed by atoms with Crippen LogP contribution < -0.4 is 5.32 Å². The number of hydrogen-bond donors (Lipinski definition) is 1. The molecule has 0 aliphatic heterocycles. The third kappa shape index (κ3) is 2.90. The van der Waals surface area contributed by atoms with E-state index in [0.717, 1.165) is 6.07 Å². The van der Waals surface area contributed by atoms with Crippen LogP contribution in [-0.4, -0.2) is 12.1 Å². The van der Waals surface area contributed by atoms with Gasteiger partial charge in [0.05, 0.1) is 5.69 Å². The molecule has 7 heteroatoms. The van der Waals surface area contributed by atoms with Gasteiger partial charge in [-0.05, 0) is 12.1 Å². The molecule has 0 aliphatic rings. The minimum Gasteiger partial charge on any atom is -0.316 e. The lowest BCUT2D eigenvalue weighted by Crippen LogP contribution is -2.30. The zero-order chi connectivity index (χ0) is 11.6. The van der Waals surface area contributed by atoms with Crippen molar-refractivity contribution in [2.75, 3.05) is 5.32 Å². The summed E-state index contributed by atoms with van der Waals surface area (Å²) < 4.78 is 60.3. The van der Waals surface area contributed by atoms with E-state index in [2.05, 4.69) is 0 Å². The molecular weight excluding hydrogens is 221 g/mol. The van der Waals surface area contributed by atoms with Crippen LogP contribution in [0.1, 0.15) is 0 Å². The smallest absolute Gasteiger partial charge is 0.316 e. The molecule has 1 amide bonds. The molecule has 0 spiro atoms. The number of carbonyl (C=O) groups is 1. The zero-order valence-electron chi connectivity index (χ0n) is 7.03. The monoisotopic (exact) mass is 225 g/mol. The maximum absolute atomic E-state index is 12.8. The van der Waals surface area contributed by atoms with Crippen molar-refractivity contribution < 1.29 is 26.7 Å². The van der Waals surface area contributed by atoms with Gasteiger partial charge >= 0.3 is 12.1 Å². The Morgan fingerprint density at radius 1 is 1.20 bits per heavy atom. The van der Waals surface area contributed by atoms with Gasteiger partial charge in [-0.2, -0.15) is 13.2 Å². The Kier molecular flexibility index (Phi) is 2.92. The van der Waals surface area contributed by atoms with E-state index in [-0.39, 0.29) is 0 Å². The number of halogens is 5. The summed E-state index contributed by atoms with van der Waals surface area (Å²) in [4.78, 5) is 10.4. The van der Waals surface area contributed by atoms with Crippen molar-refractivity contribution in [1.29, 1.82) is 0 Å². The topological polar surface area (TPSA) is 29.1 Å². The van der Waals surface area contributed by atoms with Gasteiger partial charge in [-0.15, -0.1) is 0 Å². The van der Waals surface area contributed by atoms with Crippen LogP contribution in [-0.2, 0) is 4.79 Å². The van der Waals surface area contributed by atoms with E-state index in [4.69, 9.17) is 0 Å². The first kappa shape index (κ1) is 11.4. The SMILES string of the molecule is O=C(Nc1ccc(F)cc1F)C(F)(F)F. The van der Waals surface area contributed by atoms with Crippen LogP contribution in [0, 0.1) is 11.6 Å². The molecule has 1 aromatic rings. The van der Waals surface area contributed by atoms with E-state index in [1.54, 1.807) is 0 Å². The van der Waals surface area contributed by atoms with Crippen molar-refractivity contribution in [3.63, 3.8) is 0 Å². The molecule has 0 heterocycles. The summed E-state index contributed by atoms with van der Waals surface area (Å²) in [6.07, 6.45) is -5.11. The summed E-state index contributed by atoms with van der Waals surface area (Å²) in [6.45, 7) is 0. The van der Waals surface area contributed by atoms with Crippen molar-refractivity contribution in [3.8, 4) is 0 Å². The van der Waals surface area contributed by atoms with Gasteiger partial charge < -0.3 is 5.32 Å². The number of anilines is 1. The molecule has 15 heavy (non-hydrogen) atoms. The fourth-order valence-corrected chi connectivity index (χ4v) is 0.784. The molecular formula is C8H4F5NO. The molecule has 0 fully saturated rings. The fraction of sp³-hybridized carbons (Fsp3) is 0.125. The molecule has 2 nitrogen and oxygen atoms in total. The highest BCUT2D eigenvalue weighted by Crippen LogP contribution is 2.20. The molecule has 1 rings (SSSR count). The van der Waals surface area contributed by atoms with E-state index >= 15 is 0 Å². The van der Waals surface area contributed by atoms with Gasteiger partial charge in [-0.3, -0.25) is 4.79 Å². The van der Waals surface area contributed by atoms with Crippen LogP contribution >= 0.6 is 0 Å². The Labute approximate surface area is 80.7 Å². The summed E-state index contributed by atoms with van der Waals surface area (Å²) >= 11 is 0. The molecule has 1 aromatic carbocycles. The van der Waals surface area contributed by atoms with Gasteiger partial charge in [-0.1, -0.05) is 0 Å². The number of rotatable bonds is 1. The lowest BCUT2D eigenvalue weighted by molar-refractivity contribution is -0.167. The maximum Gasteiger partial charge on any atom is 0.471 e. The first-order valence-electron chi connectivity index (χ1n) is 3.64. The Balaban J connectivity index is 2.87. The predicted molar refractivity (Wildman–Crippen MR) is 41.0 cm³/mol. The van der Waals surface area contributed by atoms with Crippen molar-refractivity contribution >= 4 is 11.6 Å². The molecule has 0 unspecified atom stereocenters. The number of benzene rings is 1. The van der Waals surface area contributed by atoms with Crippen LogP contribution in [0.2, 0.25) is 0 Å². The maximum atomic E-state index is 12.8. The highest BCUT2D eigenvalue weighted by atomic mass is 19.4. The molecule has 0 bridgehead atoms. The fourth-order valence-electron chi connectivity index (χ4n) is 0.784. The van der Waals surface area contributed by atoms with E-state index < -0.39 is 29.4 Å². The van der Waals surface area contributed by atoms with E-state index in [0.29, 0.717) is 12.1 Å². The highest BCUT2D eigenvalue weighted by molar-refractivity contribution is 5.94. The van der Waals surface area contributed by atoms with Crippen LogP contribution in [0.25, 0.3) is 0 Å². The molecule has 82 valence electrons. The highest BCUT2D eigenvalue weighted by Gasteiger charge is 2.39. The van der Waals surface area contributed by atoms with Crippen LogP contribution in [0.4, 0.5) is 27.6 Å². The second kappa shape index (κ2) is 3.84. The van der Waals surface area contributed by atoms with Gasteiger partial charge in [0.25, 0.3) is 0 Å². The lowest BCUT2D eigenvalue weighted by Gasteiger charge is -2.08. The number of carbonyl (C=O) groups excluding carboxylic acids is 1. The van der Waals surface area contributed by atoms with E-state index in [1.165, 1.54) is 5.32 Å².